The second kappa shape index (κ2) is 11.0. The molecular weight excluding hydrogens is 300 g/mol. The van der Waals surface area contributed by atoms with Crippen LogP contribution in [0.1, 0.15) is 37.6 Å². The second-order valence-electron chi connectivity index (χ2n) is 4.18. The summed E-state index contributed by atoms with van der Waals surface area (Å²) in [6.45, 7) is 5.76. The third-order valence-corrected chi connectivity index (χ3v) is 3.79. The highest BCUT2D eigenvalue weighted by Gasteiger charge is 2.14. The van der Waals surface area contributed by atoms with Crippen molar-refractivity contribution in [2.24, 2.45) is 0 Å². The first-order valence-electron chi connectivity index (χ1n) is 6.54. The number of amides is 1. The molecule has 0 aliphatic carbocycles. The summed E-state index contributed by atoms with van der Waals surface area (Å²) in [6, 6.07) is 0. The van der Waals surface area contributed by atoms with Crippen LogP contribution in [0.15, 0.2) is 0 Å². The first-order valence-corrected chi connectivity index (χ1v) is 7.35. The van der Waals surface area contributed by atoms with Gasteiger partial charge in [-0.2, -0.15) is 0 Å². The number of carbonyl (C=O) groups excluding carboxylic acids is 1. The maximum Gasteiger partial charge on any atom is 0.240 e. The molecule has 0 radical (unpaired) electrons. The van der Waals surface area contributed by atoms with Gasteiger partial charge in [0.25, 0.3) is 0 Å². The number of aromatic nitrogens is 2. The topological polar surface area (TPSA) is 76.1 Å². The fourth-order valence-corrected chi connectivity index (χ4v) is 2.65. The Kier molecular flexibility index (Phi) is 10.5. The van der Waals surface area contributed by atoms with Gasteiger partial charge in [-0.1, -0.05) is 25.2 Å². The quantitative estimate of drug-likeness (QED) is 0.680. The first kappa shape index (κ1) is 19.2. The summed E-state index contributed by atoms with van der Waals surface area (Å²) in [7, 11) is 1.63. The third kappa shape index (κ3) is 6.60. The number of methoxy groups -OCH3 is 1. The smallest absolute Gasteiger partial charge is 0.240 e. The van der Waals surface area contributed by atoms with E-state index >= 15 is 0 Å². The molecule has 1 amide bonds. The Balaban J connectivity index is 0.00000361. The van der Waals surface area contributed by atoms with Crippen molar-refractivity contribution in [2.45, 2.75) is 32.6 Å². The molecule has 1 heterocycles. The summed E-state index contributed by atoms with van der Waals surface area (Å²) in [5.41, 5.74) is 0. The van der Waals surface area contributed by atoms with Crippen molar-refractivity contribution in [2.75, 3.05) is 32.1 Å². The van der Waals surface area contributed by atoms with Crippen LogP contribution in [0.2, 0.25) is 0 Å². The Morgan fingerprint density at radius 3 is 2.65 bits per heavy atom. The molecule has 0 atom stereocenters. The number of rotatable bonds is 9. The zero-order chi connectivity index (χ0) is 14.1. The zero-order valence-electron chi connectivity index (χ0n) is 12.1. The van der Waals surface area contributed by atoms with Crippen molar-refractivity contribution in [3.63, 3.8) is 0 Å². The Labute approximate surface area is 130 Å². The molecule has 0 bridgehead atoms. The molecule has 0 saturated carbocycles. The van der Waals surface area contributed by atoms with E-state index < -0.39 is 0 Å². The molecule has 1 aromatic rings. The molecule has 0 aliphatic rings. The van der Waals surface area contributed by atoms with Crippen LogP contribution in [0.4, 0.5) is 5.13 Å². The van der Waals surface area contributed by atoms with Crippen LogP contribution in [0.25, 0.3) is 0 Å². The molecule has 0 fully saturated rings. The summed E-state index contributed by atoms with van der Waals surface area (Å²) in [5, 5.41) is 15.4. The highest BCUT2D eigenvalue weighted by molar-refractivity contribution is 7.15. The standard InChI is InChI=1S/C12H22N4O2S.ClH/c1-4-9(5-2)11-15-16-12(19-11)14-10(17)8-13-6-7-18-3;/h9,13H,4-8H2,1-3H3,(H,14,16,17);1H. The van der Waals surface area contributed by atoms with Crippen LogP contribution in [0.3, 0.4) is 0 Å². The first-order chi connectivity index (χ1) is 9.21. The number of nitrogens with zero attached hydrogens (tertiary/aromatic N) is 2. The van der Waals surface area contributed by atoms with Crippen molar-refractivity contribution in [1.29, 1.82) is 0 Å². The number of halogens is 1. The maximum atomic E-state index is 11.6. The van der Waals surface area contributed by atoms with Gasteiger partial charge in [0, 0.05) is 19.6 Å². The summed E-state index contributed by atoms with van der Waals surface area (Å²) in [5.74, 6) is 0.325. The summed E-state index contributed by atoms with van der Waals surface area (Å²) >= 11 is 1.46. The monoisotopic (exact) mass is 322 g/mol. The number of ether oxygens (including phenoxy) is 1. The van der Waals surface area contributed by atoms with Gasteiger partial charge in [0.1, 0.15) is 5.01 Å². The second-order valence-corrected chi connectivity index (χ2v) is 5.19. The number of anilines is 1. The molecule has 6 nitrogen and oxygen atoms in total. The number of hydrogen-bond donors (Lipinski definition) is 2. The van der Waals surface area contributed by atoms with Gasteiger partial charge in [-0.25, -0.2) is 0 Å². The lowest BCUT2D eigenvalue weighted by Crippen LogP contribution is -2.30. The molecule has 0 aromatic carbocycles. The zero-order valence-corrected chi connectivity index (χ0v) is 13.8. The van der Waals surface area contributed by atoms with E-state index in [0.717, 1.165) is 17.8 Å². The van der Waals surface area contributed by atoms with Crippen molar-refractivity contribution in [1.82, 2.24) is 15.5 Å². The van der Waals surface area contributed by atoms with Gasteiger partial charge in [-0.05, 0) is 12.8 Å². The Morgan fingerprint density at radius 2 is 2.05 bits per heavy atom. The van der Waals surface area contributed by atoms with Gasteiger partial charge in [0.05, 0.1) is 13.2 Å². The lowest BCUT2D eigenvalue weighted by molar-refractivity contribution is -0.115. The van der Waals surface area contributed by atoms with Crippen molar-refractivity contribution in [3.8, 4) is 0 Å². The summed E-state index contributed by atoms with van der Waals surface area (Å²) < 4.78 is 4.88. The molecule has 0 unspecified atom stereocenters. The van der Waals surface area contributed by atoms with E-state index in [0.29, 0.717) is 24.2 Å². The molecule has 0 saturated heterocycles. The van der Waals surface area contributed by atoms with Crippen LogP contribution >= 0.6 is 23.7 Å². The van der Waals surface area contributed by atoms with Crippen LogP contribution in [0.5, 0.6) is 0 Å². The molecular formula is C12H23ClN4O2S. The molecule has 1 aromatic heterocycles. The number of nitrogens with one attached hydrogen (secondary N) is 2. The highest BCUT2D eigenvalue weighted by atomic mass is 35.5. The lowest BCUT2D eigenvalue weighted by Gasteiger charge is -2.06. The lowest BCUT2D eigenvalue weighted by atomic mass is 10.1. The summed E-state index contributed by atoms with van der Waals surface area (Å²) in [6.07, 6.45) is 2.08. The Morgan fingerprint density at radius 1 is 1.35 bits per heavy atom. The van der Waals surface area contributed by atoms with Crippen molar-refractivity contribution >= 4 is 34.8 Å². The molecule has 2 N–H and O–H groups in total. The van der Waals surface area contributed by atoms with Gasteiger partial charge in [-0.15, -0.1) is 22.6 Å². The fourth-order valence-electron chi connectivity index (χ4n) is 1.63. The van der Waals surface area contributed by atoms with E-state index in [9.17, 15) is 4.79 Å². The average Bonchev–Trinajstić information content (AvgIpc) is 2.84. The largest absolute Gasteiger partial charge is 0.383 e. The van der Waals surface area contributed by atoms with E-state index in [2.05, 4.69) is 34.7 Å². The van der Waals surface area contributed by atoms with E-state index in [1.165, 1.54) is 11.3 Å². The third-order valence-electron chi connectivity index (χ3n) is 2.79. The summed E-state index contributed by atoms with van der Waals surface area (Å²) in [4.78, 5) is 11.6. The minimum absolute atomic E-state index is 0. The SMILES string of the molecule is CCC(CC)c1nnc(NC(=O)CNCCOC)s1.Cl. The van der Waals surface area contributed by atoms with Gasteiger partial charge >= 0.3 is 0 Å². The van der Waals surface area contributed by atoms with Gasteiger partial charge in [0.2, 0.25) is 11.0 Å². The van der Waals surface area contributed by atoms with Crippen molar-refractivity contribution in [3.05, 3.63) is 5.01 Å². The van der Waals surface area contributed by atoms with Crippen LogP contribution in [0, 0.1) is 0 Å². The van der Waals surface area contributed by atoms with Gasteiger partial charge in [0.15, 0.2) is 0 Å². The molecule has 0 spiro atoms. The van der Waals surface area contributed by atoms with Crippen LogP contribution in [-0.2, 0) is 9.53 Å². The van der Waals surface area contributed by atoms with Crippen LogP contribution < -0.4 is 10.6 Å². The molecule has 20 heavy (non-hydrogen) atoms. The maximum absolute atomic E-state index is 11.6. The molecule has 116 valence electrons. The van der Waals surface area contributed by atoms with E-state index in [1.807, 2.05) is 0 Å². The van der Waals surface area contributed by atoms with E-state index in [4.69, 9.17) is 4.74 Å². The van der Waals surface area contributed by atoms with E-state index in [-0.39, 0.29) is 24.9 Å². The number of hydrogen-bond acceptors (Lipinski definition) is 6. The van der Waals surface area contributed by atoms with Gasteiger partial charge in [-0.3, -0.25) is 10.1 Å². The van der Waals surface area contributed by atoms with E-state index in [1.54, 1.807) is 7.11 Å². The fraction of sp³-hybridized carbons (Fsp3) is 0.750. The molecule has 0 aliphatic heterocycles. The molecule has 1 rings (SSSR count). The number of carbonyl (C=O) groups is 1. The predicted molar refractivity (Wildman–Crippen MR) is 83.9 cm³/mol. The predicted octanol–water partition coefficient (Wildman–Crippen LogP) is 2.04. The molecule has 8 heteroatoms. The average molecular weight is 323 g/mol. The normalized spacial score (nSPS) is 10.4. The van der Waals surface area contributed by atoms with Crippen molar-refractivity contribution < 1.29 is 9.53 Å². The minimum Gasteiger partial charge on any atom is -0.383 e. The Bertz CT molecular complexity index is 385. The minimum atomic E-state index is -0.108. The van der Waals surface area contributed by atoms with Crippen LogP contribution in [-0.4, -0.2) is 42.9 Å². The Hall–Kier alpha value is -0.760. The highest BCUT2D eigenvalue weighted by Crippen LogP contribution is 2.27. The van der Waals surface area contributed by atoms with Gasteiger partial charge < -0.3 is 10.1 Å².